The molecule has 0 bridgehead atoms. The molecule has 1 aliphatic heterocycles. The van der Waals surface area contributed by atoms with Crippen molar-refractivity contribution in [2.24, 2.45) is 5.92 Å². The van der Waals surface area contributed by atoms with E-state index in [2.05, 4.69) is 74.3 Å². The number of piperidine rings is 1. The summed E-state index contributed by atoms with van der Waals surface area (Å²) in [5.41, 5.74) is 7.19. The largest absolute Gasteiger partial charge is 0.325 e. The number of carbonyl (C=O) groups is 1. The molecule has 2 aromatic rings. The molecule has 0 spiro atoms. The monoisotopic (exact) mass is 350 g/mol. The number of anilines is 1. The van der Waals surface area contributed by atoms with Gasteiger partial charge in [0.2, 0.25) is 5.91 Å². The number of nitrogens with one attached hydrogen (secondary N) is 1. The van der Waals surface area contributed by atoms with Crippen LogP contribution in [-0.2, 0) is 11.3 Å². The van der Waals surface area contributed by atoms with E-state index in [1.54, 1.807) is 0 Å². The lowest BCUT2D eigenvalue weighted by Crippen LogP contribution is -2.40. The molecule has 1 fully saturated rings. The van der Waals surface area contributed by atoms with Gasteiger partial charge in [-0.05, 0) is 69.3 Å². The van der Waals surface area contributed by atoms with E-state index in [0.29, 0.717) is 0 Å². The molecule has 1 unspecified atom stereocenters. The number of rotatable bonds is 4. The lowest BCUT2D eigenvalue weighted by Gasteiger charge is -2.32. The van der Waals surface area contributed by atoms with Gasteiger partial charge in [-0.15, -0.1) is 0 Å². The molecule has 1 heterocycles. The van der Waals surface area contributed by atoms with Crippen LogP contribution in [0, 0.1) is 33.6 Å². The van der Waals surface area contributed by atoms with Gasteiger partial charge < -0.3 is 5.32 Å². The fraction of sp³-hybridized carbons (Fsp3) is 0.435. The molecule has 3 rings (SSSR count). The minimum Gasteiger partial charge on any atom is -0.325 e. The number of carbonyl (C=O) groups excluding carboxylic acids is 1. The number of hydrogen-bond donors (Lipinski definition) is 1. The third kappa shape index (κ3) is 4.34. The van der Waals surface area contributed by atoms with E-state index in [4.69, 9.17) is 0 Å². The number of benzene rings is 2. The first-order valence-electron chi connectivity index (χ1n) is 9.59. The fourth-order valence-electron chi connectivity index (χ4n) is 4.04. The molecule has 1 aliphatic rings. The number of likely N-dealkylation sites (tertiary alicyclic amines) is 1. The number of hydrogen-bond acceptors (Lipinski definition) is 2. The second kappa shape index (κ2) is 8.05. The van der Waals surface area contributed by atoms with Crippen molar-refractivity contribution in [1.82, 2.24) is 4.90 Å². The van der Waals surface area contributed by atoms with Gasteiger partial charge in [0.05, 0.1) is 5.92 Å². The lowest BCUT2D eigenvalue weighted by molar-refractivity contribution is -0.121. The highest BCUT2D eigenvalue weighted by Crippen LogP contribution is 2.25. The van der Waals surface area contributed by atoms with Crippen LogP contribution in [0.4, 0.5) is 5.69 Å². The zero-order valence-corrected chi connectivity index (χ0v) is 16.4. The van der Waals surface area contributed by atoms with Crippen LogP contribution in [0.25, 0.3) is 0 Å². The van der Waals surface area contributed by atoms with E-state index < -0.39 is 0 Å². The Bertz CT molecular complexity index is 774. The summed E-state index contributed by atoms with van der Waals surface area (Å²) in [6.45, 7) is 11.2. The Morgan fingerprint density at radius 1 is 1.08 bits per heavy atom. The van der Waals surface area contributed by atoms with Gasteiger partial charge >= 0.3 is 0 Å². The van der Waals surface area contributed by atoms with E-state index in [1.165, 1.54) is 16.7 Å². The van der Waals surface area contributed by atoms with Crippen molar-refractivity contribution in [2.75, 3.05) is 18.4 Å². The molecule has 26 heavy (non-hydrogen) atoms. The van der Waals surface area contributed by atoms with Crippen molar-refractivity contribution in [3.8, 4) is 0 Å². The van der Waals surface area contributed by atoms with Gasteiger partial charge in [-0.1, -0.05) is 42.0 Å². The van der Waals surface area contributed by atoms with Gasteiger partial charge in [-0.3, -0.25) is 9.69 Å². The van der Waals surface area contributed by atoms with Gasteiger partial charge in [0.1, 0.15) is 0 Å². The molecule has 0 aliphatic carbocycles. The summed E-state index contributed by atoms with van der Waals surface area (Å²) in [7, 11) is 0. The van der Waals surface area contributed by atoms with E-state index in [1.807, 2.05) is 0 Å². The average Bonchev–Trinajstić information content (AvgIpc) is 2.60. The molecule has 1 N–H and O–H groups in total. The van der Waals surface area contributed by atoms with Crippen molar-refractivity contribution < 1.29 is 4.79 Å². The summed E-state index contributed by atoms with van der Waals surface area (Å²) in [6.07, 6.45) is 2.05. The summed E-state index contributed by atoms with van der Waals surface area (Å²) in [6, 6.07) is 12.8. The van der Waals surface area contributed by atoms with Gasteiger partial charge in [0.15, 0.2) is 0 Å². The van der Waals surface area contributed by atoms with Crippen LogP contribution >= 0.6 is 0 Å². The van der Waals surface area contributed by atoms with Gasteiger partial charge in [-0.2, -0.15) is 0 Å². The summed E-state index contributed by atoms with van der Waals surface area (Å²) in [5, 5.41) is 3.21. The highest BCUT2D eigenvalue weighted by molar-refractivity contribution is 5.94. The van der Waals surface area contributed by atoms with Crippen LogP contribution in [-0.4, -0.2) is 23.9 Å². The molecule has 2 aromatic carbocycles. The van der Waals surface area contributed by atoms with Crippen LogP contribution in [0.5, 0.6) is 0 Å². The van der Waals surface area contributed by atoms with E-state index >= 15 is 0 Å². The Balaban J connectivity index is 1.66. The topological polar surface area (TPSA) is 32.3 Å². The van der Waals surface area contributed by atoms with Crippen molar-refractivity contribution in [1.29, 1.82) is 0 Å². The zero-order valence-electron chi connectivity index (χ0n) is 16.4. The minimum absolute atomic E-state index is 0.0628. The first-order valence-corrected chi connectivity index (χ1v) is 9.59. The number of amides is 1. The molecule has 0 saturated carbocycles. The van der Waals surface area contributed by atoms with Crippen LogP contribution in [0.1, 0.15) is 40.7 Å². The third-order valence-corrected chi connectivity index (χ3v) is 5.46. The van der Waals surface area contributed by atoms with Crippen LogP contribution in [0.3, 0.4) is 0 Å². The molecule has 1 saturated heterocycles. The molecule has 3 nitrogen and oxygen atoms in total. The molecule has 3 heteroatoms. The third-order valence-electron chi connectivity index (χ3n) is 5.46. The van der Waals surface area contributed by atoms with Crippen LogP contribution in [0.2, 0.25) is 0 Å². The van der Waals surface area contributed by atoms with Gasteiger partial charge in [0.25, 0.3) is 0 Å². The molecule has 0 aromatic heterocycles. The fourth-order valence-corrected chi connectivity index (χ4v) is 4.04. The Morgan fingerprint density at radius 2 is 1.77 bits per heavy atom. The molecule has 138 valence electrons. The van der Waals surface area contributed by atoms with Crippen molar-refractivity contribution in [3.05, 3.63) is 64.2 Å². The molecule has 1 amide bonds. The number of aryl methyl sites for hydroxylation is 4. The molecule has 0 radical (unpaired) electrons. The first kappa shape index (κ1) is 18.7. The Labute approximate surface area is 157 Å². The van der Waals surface area contributed by atoms with E-state index in [-0.39, 0.29) is 11.8 Å². The SMILES string of the molecule is Cc1cc(C)c(NC(=O)C2CCCN(Cc3ccccc3C)C2)c(C)c1. The summed E-state index contributed by atoms with van der Waals surface area (Å²) < 4.78 is 0. The highest BCUT2D eigenvalue weighted by Gasteiger charge is 2.26. The molecule has 1 atom stereocenters. The standard InChI is InChI=1S/C23H30N2O/c1-16-12-18(3)22(19(4)13-16)24-23(26)21-10-7-11-25(15-21)14-20-9-6-5-8-17(20)2/h5-6,8-9,12-13,21H,7,10-11,14-15H2,1-4H3,(H,24,26). The summed E-state index contributed by atoms with van der Waals surface area (Å²) >= 11 is 0. The normalized spacial score (nSPS) is 17.9. The average molecular weight is 351 g/mol. The maximum atomic E-state index is 12.9. The quantitative estimate of drug-likeness (QED) is 0.861. The summed E-state index contributed by atoms with van der Waals surface area (Å²) in [4.78, 5) is 15.3. The molecular formula is C23H30N2O. The summed E-state index contributed by atoms with van der Waals surface area (Å²) in [5.74, 6) is 0.224. The van der Waals surface area contributed by atoms with Crippen LogP contribution in [0.15, 0.2) is 36.4 Å². The zero-order chi connectivity index (χ0) is 18.7. The Morgan fingerprint density at radius 3 is 2.46 bits per heavy atom. The van der Waals surface area contributed by atoms with E-state index in [9.17, 15) is 4.79 Å². The highest BCUT2D eigenvalue weighted by atomic mass is 16.1. The second-order valence-electron chi connectivity index (χ2n) is 7.76. The smallest absolute Gasteiger partial charge is 0.228 e. The first-order chi connectivity index (χ1) is 12.4. The van der Waals surface area contributed by atoms with Crippen molar-refractivity contribution in [2.45, 2.75) is 47.1 Å². The van der Waals surface area contributed by atoms with Crippen molar-refractivity contribution in [3.63, 3.8) is 0 Å². The predicted molar refractivity (Wildman–Crippen MR) is 108 cm³/mol. The lowest BCUT2D eigenvalue weighted by atomic mass is 9.95. The number of nitrogens with zero attached hydrogens (tertiary/aromatic N) is 1. The van der Waals surface area contributed by atoms with Gasteiger partial charge in [-0.25, -0.2) is 0 Å². The Hall–Kier alpha value is -2.13. The second-order valence-corrected chi connectivity index (χ2v) is 7.76. The van der Waals surface area contributed by atoms with Crippen LogP contribution < -0.4 is 5.32 Å². The van der Waals surface area contributed by atoms with Gasteiger partial charge in [0, 0.05) is 18.8 Å². The predicted octanol–water partition coefficient (Wildman–Crippen LogP) is 4.77. The minimum atomic E-state index is 0.0628. The maximum absolute atomic E-state index is 12.9. The Kier molecular flexibility index (Phi) is 5.77. The van der Waals surface area contributed by atoms with E-state index in [0.717, 1.165) is 49.3 Å². The molecular weight excluding hydrogens is 320 g/mol. The van der Waals surface area contributed by atoms with Crippen molar-refractivity contribution >= 4 is 11.6 Å². The maximum Gasteiger partial charge on any atom is 0.228 e.